The summed E-state index contributed by atoms with van der Waals surface area (Å²) in [4.78, 5) is 28.5. The molecule has 2 fully saturated rings. The first-order valence-corrected chi connectivity index (χ1v) is 13.7. The first kappa shape index (κ1) is 28.0. The van der Waals surface area contributed by atoms with Gasteiger partial charge in [0.15, 0.2) is 5.82 Å². The Morgan fingerprint density at radius 2 is 1.84 bits per heavy atom. The zero-order valence-electron chi connectivity index (χ0n) is 23.1. The normalized spacial score (nSPS) is 20.4. The largest absolute Gasteiger partial charge is 0.494 e. The number of benzene rings is 1. The fourth-order valence-corrected chi connectivity index (χ4v) is 5.75. The molecule has 0 spiro atoms. The third kappa shape index (κ3) is 6.15. The van der Waals surface area contributed by atoms with Gasteiger partial charge in [-0.25, -0.2) is 4.98 Å². The van der Waals surface area contributed by atoms with Crippen LogP contribution in [0.2, 0.25) is 5.02 Å². The van der Waals surface area contributed by atoms with Gasteiger partial charge in [-0.1, -0.05) is 18.2 Å². The maximum absolute atomic E-state index is 12.3. The number of methoxy groups -OCH3 is 1. The molecule has 10 heteroatoms. The van der Waals surface area contributed by atoms with Crippen molar-refractivity contribution >= 4 is 46.3 Å². The number of carbonyl (C=O) groups is 1. The molecule has 1 amide bonds. The third-order valence-electron chi connectivity index (χ3n) is 7.71. The van der Waals surface area contributed by atoms with Crippen molar-refractivity contribution in [3.05, 3.63) is 36.0 Å². The van der Waals surface area contributed by atoms with Crippen LogP contribution in [0.4, 0.5) is 28.8 Å². The van der Waals surface area contributed by atoms with Crippen molar-refractivity contribution in [3.63, 3.8) is 0 Å². The van der Waals surface area contributed by atoms with Gasteiger partial charge in [-0.05, 0) is 72.2 Å². The molecule has 2 aliphatic rings. The SMILES string of the molecule is C=CC(=O)Nc1cc(Nc2ncc(Cl)c(N3C(C)CCCC3C)n2)c(OC)cc1N1CCC(N(C)C)CC1. The van der Waals surface area contributed by atoms with Gasteiger partial charge in [-0.2, -0.15) is 4.98 Å². The molecule has 2 unspecified atom stereocenters. The number of piperidine rings is 2. The third-order valence-corrected chi connectivity index (χ3v) is 7.97. The molecule has 2 aromatic rings. The molecule has 2 atom stereocenters. The highest BCUT2D eigenvalue weighted by atomic mass is 35.5. The molecule has 38 heavy (non-hydrogen) atoms. The molecule has 9 nitrogen and oxygen atoms in total. The van der Waals surface area contributed by atoms with Gasteiger partial charge in [-0.15, -0.1) is 0 Å². The summed E-state index contributed by atoms with van der Waals surface area (Å²) in [6.07, 6.45) is 8.38. The summed E-state index contributed by atoms with van der Waals surface area (Å²) < 4.78 is 5.78. The van der Waals surface area contributed by atoms with E-state index < -0.39 is 0 Å². The van der Waals surface area contributed by atoms with Crippen LogP contribution in [0.15, 0.2) is 31.0 Å². The van der Waals surface area contributed by atoms with Crippen molar-refractivity contribution in [2.24, 2.45) is 0 Å². The van der Waals surface area contributed by atoms with Crippen LogP contribution < -0.4 is 25.2 Å². The number of carbonyl (C=O) groups excluding carboxylic acids is 1. The highest BCUT2D eigenvalue weighted by Gasteiger charge is 2.29. The van der Waals surface area contributed by atoms with Crippen molar-refractivity contribution < 1.29 is 9.53 Å². The monoisotopic (exact) mass is 541 g/mol. The molecule has 0 saturated carbocycles. The van der Waals surface area contributed by atoms with Gasteiger partial charge in [0, 0.05) is 37.3 Å². The summed E-state index contributed by atoms with van der Waals surface area (Å²) in [7, 11) is 5.88. The summed E-state index contributed by atoms with van der Waals surface area (Å²) in [6, 6.07) is 5.05. The average molecular weight is 542 g/mol. The van der Waals surface area contributed by atoms with Crippen molar-refractivity contribution in [3.8, 4) is 5.75 Å². The van der Waals surface area contributed by atoms with Crippen LogP contribution in [-0.2, 0) is 4.79 Å². The minimum atomic E-state index is -0.274. The molecule has 1 aromatic heterocycles. The van der Waals surface area contributed by atoms with E-state index in [0.29, 0.717) is 46.2 Å². The molecule has 0 bridgehead atoms. The number of nitrogens with zero attached hydrogens (tertiary/aromatic N) is 5. The second-order valence-corrected chi connectivity index (χ2v) is 10.9. The molecule has 2 aliphatic heterocycles. The smallest absolute Gasteiger partial charge is 0.247 e. The Hall–Kier alpha value is -3.04. The second-order valence-electron chi connectivity index (χ2n) is 10.5. The van der Waals surface area contributed by atoms with Crippen molar-refractivity contribution in [2.45, 2.75) is 64.1 Å². The Balaban J connectivity index is 1.66. The zero-order chi connectivity index (χ0) is 27.4. The predicted octanol–water partition coefficient (Wildman–Crippen LogP) is 5.30. The second kappa shape index (κ2) is 12.2. The number of ether oxygens (including phenoxy) is 1. The van der Waals surface area contributed by atoms with Gasteiger partial charge in [0.05, 0.1) is 30.4 Å². The molecule has 0 aliphatic carbocycles. The van der Waals surface area contributed by atoms with E-state index in [-0.39, 0.29) is 5.91 Å². The Kier molecular flexibility index (Phi) is 8.99. The minimum Gasteiger partial charge on any atom is -0.494 e. The first-order valence-electron chi connectivity index (χ1n) is 13.4. The number of anilines is 5. The summed E-state index contributed by atoms with van der Waals surface area (Å²) in [5, 5.41) is 6.81. The van der Waals surface area contributed by atoms with E-state index in [2.05, 4.69) is 64.8 Å². The van der Waals surface area contributed by atoms with Crippen LogP contribution in [0.1, 0.15) is 46.0 Å². The Morgan fingerprint density at radius 3 is 2.45 bits per heavy atom. The lowest BCUT2D eigenvalue weighted by Crippen LogP contribution is -2.44. The van der Waals surface area contributed by atoms with E-state index in [4.69, 9.17) is 21.3 Å². The van der Waals surface area contributed by atoms with Gasteiger partial charge < -0.3 is 30.1 Å². The number of amides is 1. The topological polar surface area (TPSA) is 85.9 Å². The highest BCUT2D eigenvalue weighted by Crippen LogP contribution is 2.40. The lowest BCUT2D eigenvalue weighted by atomic mass is 9.97. The summed E-state index contributed by atoms with van der Waals surface area (Å²) in [5.41, 5.74) is 2.23. The van der Waals surface area contributed by atoms with Gasteiger partial charge in [0.2, 0.25) is 11.9 Å². The van der Waals surface area contributed by atoms with Gasteiger partial charge in [0.25, 0.3) is 0 Å². The molecular weight excluding hydrogens is 502 g/mol. The molecule has 1 aromatic carbocycles. The van der Waals surface area contributed by atoms with Crippen molar-refractivity contribution in [2.75, 3.05) is 54.7 Å². The number of aromatic nitrogens is 2. The van der Waals surface area contributed by atoms with E-state index in [9.17, 15) is 4.79 Å². The molecular formula is C28H40ClN7O2. The predicted molar refractivity (Wildman–Crippen MR) is 156 cm³/mol. The van der Waals surface area contributed by atoms with Crippen molar-refractivity contribution in [1.82, 2.24) is 14.9 Å². The van der Waals surface area contributed by atoms with E-state index in [1.807, 2.05) is 12.1 Å². The van der Waals surface area contributed by atoms with Crippen LogP contribution in [0, 0.1) is 0 Å². The van der Waals surface area contributed by atoms with Crippen LogP contribution in [0.5, 0.6) is 5.75 Å². The van der Waals surface area contributed by atoms with Gasteiger partial charge in [-0.3, -0.25) is 4.79 Å². The number of hydrogen-bond donors (Lipinski definition) is 2. The number of halogens is 1. The van der Waals surface area contributed by atoms with Gasteiger partial charge >= 0.3 is 0 Å². The first-order chi connectivity index (χ1) is 18.2. The fraction of sp³-hybridized carbons (Fsp3) is 0.536. The van der Waals surface area contributed by atoms with Gasteiger partial charge in [0.1, 0.15) is 10.8 Å². The Labute approximate surface area is 231 Å². The number of hydrogen-bond acceptors (Lipinski definition) is 8. The molecule has 2 saturated heterocycles. The van der Waals surface area contributed by atoms with Crippen LogP contribution in [0.3, 0.4) is 0 Å². The lowest BCUT2D eigenvalue weighted by Gasteiger charge is -2.40. The Morgan fingerprint density at radius 1 is 1.16 bits per heavy atom. The number of rotatable bonds is 8. The van der Waals surface area contributed by atoms with E-state index in [1.165, 1.54) is 12.5 Å². The molecule has 4 rings (SSSR count). The van der Waals surface area contributed by atoms with E-state index in [0.717, 1.165) is 50.3 Å². The highest BCUT2D eigenvalue weighted by molar-refractivity contribution is 6.32. The lowest BCUT2D eigenvalue weighted by molar-refractivity contribution is -0.111. The van der Waals surface area contributed by atoms with Crippen LogP contribution in [-0.4, -0.2) is 73.2 Å². The fourth-order valence-electron chi connectivity index (χ4n) is 5.56. The number of nitrogens with one attached hydrogen (secondary N) is 2. The zero-order valence-corrected chi connectivity index (χ0v) is 23.9. The molecule has 0 radical (unpaired) electrons. The van der Waals surface area contributed by atoms with Crippen LogP contribution >= 0.6 is 11.6 Å². The van der Waals surface area contributed by atoms with E-state index >= 15 is 0 Å². The standard InChI is InChI=1S/C28H40ClN7O2/c1-7-26(37)31-22-15-23(25(38-6)16-24(22)35-13-11-20(12-14-35)34(4)5)32-28-30-17-21(29)27(33-28)36-18(2)9-8-10-19(36)3/h7,15-20H,1,8-14H2,2-6H3,(H,31,37)(H,30,32,33). The molecule has 2 N–H and O–H groups in total. The molecule has 3 heterocycles. The molecule has 206 valence electrons. The maximum atomic E-state index is 12.3. The van der Waals surface area contributed by atoms with Crippen LogP contribution in [0.25, 0.3) is 0 Å². The summed E-state index contributed by atoms with van der Waals surface area (Å²) >= 11 is 6.57. The minimum absolute atomic E-state index is 0.274. The maximum Gasteiger partial charge on any atom is 0.247 e. The average Bonchev–Trinajstić information content (AvgIpc) is 2.90. The summed E-state index contributed by atoms with van der Waals surface area (Å²) in [6.45, 7) is 9.79. The Bertz CT molecular complexity index is 1140. The summed E-state index contributed by atoms with van der Waals surface area (Å²) in [5.74, 6) is 1.49. The quantitative estimate of drug-likeness (QED) is 0.435. The van der Waals surface area contributed by atoms with Crippen molar-refractivity contribution in [1.29, 1.82) is 0 Å². The van der Waals surface area contributed by atoms with E-state index in [1.54, 1.807) is 13.3 Å².